The minimum atomic E-state index is -0.521. The van der Waals surface area contributed by atoms with Crippen molar-refractivity contribution in [3.05, 3.63) is 59.7 Å². The molecule has 2 rings (SSSR count). The van der Waals surface area contributed by atoms with Gasteiger partial charge < -0.3 is 9.47 Å². The zero-order valence-electron chi connectivity index (χ0n) is 10.7. The minimum absolute atomic E-state index is 0.486. The molecule has 0 aliphatic heterocycles. The summed E-state index contributed by atoms with van der Waals surface area (Å²) in [4.78, 5) is 20.5. The highest BCUT2D eigenvalue weighted by molar-refractivity contribution is 9.18. The van der Waals surface area contributed by atoms with E-state index in [-0.39, 0.29) is 0 Å². The van der Waals surface area contributed by atoms with E-state index in [4.69, 9.17) is 9.47 Å². The first-order chi connectivity index (χ1) is 10.0. The van der Waals surface area contributed by atoms with Crippen molar-refractivity contribution in [3.63, 3.8) is 0 Å². The van der Waals surface area contributed by atoms with E-state index in [9.17, 15) is 9.59 Å². The van der Waals surface area contributed by atoms with E-state index in [2.05, 4.69) is 31.9 Å². The number of carbonyl (C=O) groups excluding carboxylic acids is 2. The number of hydrogen-bond donors (Lipinski definition) is 0. The predicted molar refractivity (Wildman–Crippen MR) is 85.6 cm³/mol. The monoisotopic (exact) mass is 412 g/mol. The Kier molecular flexibility index (Phi) is 5.52. The molecule has 0 saturated carbocycles. The normalized spacial score (nSPS) is 10.0. The Balaban J connectivity index is 2.01. The Morgan fingerprint density at radius 1 is 0.714 bits per heavy atom. The first-order valence-corrected chi connectivity index (χ1v) is 7.54. The molecule has 0 unspecified atom stereocenters. The van der Waals surface area contributed by atoms with Gasteiger partial charge in [0.1, 0.15) is 11.5 Å². The van der Waals surface area contributed by atoms with Crippen LogP contribution in [0, 0.1) is 0 Å². The number of benzene rings is 2. The summed E-state index contributed by atoms with van der Waals surface area (Å²) in [5.74, 6) is 0.973. The van der Waals surface area contributed by atoms with Gasteiger partial charge in [0.05, 0.1) is 0 Å². The molecule has 0 amide bonds. The Hall–Kier alpha value is -1.66. The van der Waals surface area contributed by atoms with E-state index in [1.54, 1.807) is 24.3 Å². The molecule has 21 heavy (non-hydrogen) atoms. The Morgan fingerprint density at radius 2 is 1.05 bits per heavy atom. The van der Waals surface area contributed by atoms with Gasteiger partial charge in [0.15, 0.2) is 0 Å². The molecule has 0 N–H and O–H groups in total. The van der Waals surface area contributed by atoms with Crippen LogP contribution in [0.5, 0.6) is 11.5 Å². The molecule has 0 bridgehead atoms. The molecule has 2 aromatic rings. The van der Waals surface area contributed by atoms with Crippen LogP contribution >= 0.6 is 31.9 Å². The SMILES string of the molecule is O=C(Br)Oc1ccc(Cc2ccc(OC(=O)Br)cc2)cc1. The lowest BCUT2D eigenvalue weighted by molar-refractivity contribution is 0.227. The average Bonchev–Trinajstić information content (AvgIpc) is 2.42. The molecule has 0 spiro atoms. The molecule has 2 aromatic carbocycles. The fourth-order valence-corrected chi connectivity index (χ4v) is 2.15. The van der Waals surface area contributed by atoms with Crippen molar-refractivity contribution in [1.29, 1.82) is 0 Å². The smallest absolute Gasteiger partial charge is 0.379 e. The van der Waals surface area contributed by atoms with E-state index < -0.39 is 9.76 Å². The number of carbonyl (C=O) groups is 2. The maximum Gasteiger partial charge on any atom is 0.379 e. The maximum absolute atomic E-state index is 10.8. The molecule has 0 aromatic heterocycles. The molecule has 0 aliphatic carbocycles. The summed E-state index contributed by atoms with van der Waals surface area (Å²) >= 11 is 5.41. The quantitative estimate of drug-likeness (QED) is 0.657. The zero-order valence-corrected chi connectivity index (χ0v) is 13.9. The van der Waals surface area contributed by atoms with Crippen LogP contribution < -0.4 is 9.47 Å². The molecule has 4 nitrogen and oxygen atoms in total. The lowest BCUT2D eigenvalue weighted by Gasteiger charge is -2.05. The van der Waals surface area contributed by atoms with Crippen LogP contribution in [0.2, 0.25) is 0 Å². The van der Waals surface area contributed by atoms with Gasteiger partial charge in [-0.15, -0.1) is 0 Å². The molecule has 0 radical (unpaired) electrons. The summed E-state index contributed by atoms with van der Waals surface area (Å²) in [7, 11) is 0. The van der Waals surface area contributed by atoms with Crippen LogP contribution in [-0.4, -0.2) is 9.76 Å². The largest absolute Gasteiger partial charge is 0.418 e. The summed E-state index contributed by atoms with van der Waals surface area (Å²) in [5.41, 5.74) is 2.16. The molecular weight excluding hydrogens is 404 g/mol. The second-order valence-corrected chi connectivity index (χ2v) is 5.44. The van der Waals surface area contributed by atoms with Gasteiger partial charge >= 0.3 is 9.76 Å². The highest BCUT2D eigenvalue weighted by atomic mass is 79.9. The van der Waals surface area contributed by atoms with E-state index in [0.717, 1.165) is 17.5 Å². The third kappa shape index (κ3) is 5.32. The average molecular weight is 414 g/mol. The maximum atomic E-state index is 10.8. The van der Waals surface area contributed by atoms with Gasteiger partial charge in [-0.25, -0.2) is 9.59 Å². The summed E-state index contributed by atoms with van der Waals surface area (Å²) in [5, 5.41) is 0. The van der Waals surface area contributed by atoms with E-state index >= 15 is 0 Å². The Labute approximate surface area is 138 Å². The van der Waals surface area contributed by atoms with Gasteiger partial charge in [-0.3, -0.25) is 0 Å². The van der Waals surface area contributed by atoms with E-state index in [0.29, 0.717) is 11.5 Å². The molecule has 0 heterocycles. The van der Waals surface area contributed by atoms with Crippen molar-refractivity contribution >= 4 is 41.6 Å². The van der Waals surface area contributed by atoms with Gasteiger partial charge in [0.25, 0.3) is 0 Å². The van der Waals surface area contributed by atoms with Crippen molar-refractivity contribution in [1.82, 2.24) is 0 Å². The highest BCUT2D eigenvalue weighted by Gasteiger charge is 2.02. The molecule has 108 valence electrons. The fraction of sp³-hybridized carbons (Fsp3) is 0.0667. The van der Waals surface area contributed by atoms with Crippen molar-refractivity contribution < 1.29 is 19.1 Å². The summed E-state index contributed by atoms with van der Waals surface area (Å²) in [6, 6.07) is 14.5. The second-order valence-electron chi connectivity index (χ2n) is 4.14. The fourth-order valence-electron chi connectivity index (χ4n) is 1.77. The topological polar surface area (TPSA) is 52.6 Å². The van der Waals surface area contributed by atoms with Crippen molar-refractivity contribution in [2.45, 2.75) is 6.42 Å². The lowest BCUT2D eigenvalue weighted by Crippen LogP contribution is -1.96. The first-order valence-electron chi connectivity index (χ1n) is 5.95. The second kappa shape index (κ2) is 7.38. The van der Waals surface area contributed by atoms with Crippen LogP contribution in [0.3, 0.4) is 0 Å². The molecule has 0 saturated heterocycles. The van der Waals surface area contributed by atoms with Crippen LogP contribution in [0.15, 0.2) is 48.5 Å². The van der Waals surface area contributed by atoms with E-state index in [1.807, 2.05) is 24.3 Å². The first kappa shape index (κ1) is 15.7. The number of rotatable bonds is 4. The predicted octanol–water partition coefficient (Wildman–Crippen LogP) is 5.06. The Bertz CT molecular complexity index is 578. The van der Waals surface area contributed by atoms with Gasteiger partial charge in [-0.05, 0) is 41.8 Å². The number of ether oxygens (including phenoxy) is 2. The summed E-state index contributed by atoms with van der Waals surface area (Å²) in [6.07, 6.45) is 0.727. The lowest BCUT2D eigenvalue weighted by atomic mass is 10.0. The van der Waals surface area contributed by atoms with Crippen molar-refractivity contribution in [3.8, 4) is 11.5 Å². The third-order valence-corrected chi connectivity index (χ3v) is 2.97. The molecular formula is C15H10Br2O4. The van der Waals surface area contributed by atoms with Gasteiger partial charge in [0.2, 0.25) is 0 Å². The molecule has 0 aliphatic rings. The van der Waals surface area contributed by atoms with E-state index in [1.165, 1.54) is 0 Å². The van der Waals surface area contributed by atoms with Crippen LogP contribution in [0.4, 0.5) is 9.59 Å². The standard InChI is InChI=1S/C15H10Br2O4/c16-14(18)20-12-5-1-10(2-6-12)9-11-3-7-13(8-4-11)21-15(17)19/h1-8H,9H2. The van der Waals surface area contributed by atoms with Crippen molar-refractivity contribution in [2.24, 2.45) is 0 Å². The molecule has 6 heteroatoms. The Morgan fingerprint density at radius 3 is 1.33 bits per heavy atom. The van der Waals surface area contributed by atoms with Crippen LogP contribution in [0.1, 0.15) is 11.1 Å². The van der Waals surface area contributed by atoms with Gasteiger partial charge in [-0.1, -0.05) is 24.3 Å². The summed E-state index contributed by atoms with van der Waals surface area (Å²) in [6.45, 7) is 0. The third-order valence-electron chi connectivity index (χ3n) is 2.65. The van der Waals surface area contributed by atoms with Crippen molar-refractivity contribution in [2.75, 3.05) is 0 Å². The zero-order chi connectivity index (χ0) is 15.2. The number of hydrogen-bond acceptors (Lipinski definition) is 4. The molecule has 0 fully saturated rings. The molecule has 0 atom stereocenters. The van der Waals surface area contributed by atoms with Gasteiger partial charge in [0, 0.05) is 31.9 Å². The van der Waals surface area contributed by atoms with Crippen LogP contribution in [-0.2, 0) is 6.42 Å². The summed E-state index contributed by atoms with van der Waals surface area (Å²) < 4.78 is 9.79. The van der Waals surface area contributed by atoms with Crippen LogP contribution in [0.25, 0.3) is 0 Å². The highest BCUT2D eigenvalue weighted by Crippen LogP contribution is 2.19. The number of halogens is 2. The minimum Gasteiger partial charge on any atom is -0.418 e. The van der Waals surface area contributed by atoms with Gasteiger partial charge in [-0.2, -0.15) is 0 Å².